The Labute approximate surface area is 66.0 Å². The van der Waals surface area contributed by atoms with Crippen molar-refractivity contribution in [3.05, 3.63) is 0 Å². The number of hydrogen-bond acceptors (Lipinski definition) is 3. The zero-order valence-corrected chi connectivity index (χ0v) is 6.66. The quantitative estimate of drug-likeness (QED) is 0.514. The number of β-lactam (4-membered cyclic amide) rings is 1. The summed E-state index contributed by atoms with van der Waals surface area (Å²) in [5.41, 5.74) is 5.37. The number of carbonyl (C=O) groups excluding carboxylic acids is 1. The minimum atomic E-state index is -0.334. The van der Waals surface area contributed by atoms with Gasteiger partial charge in [-0.3, -0.25) is 4.79 Å². The van der Waals surface area contributed by atoms with E-state index in [2.05, 4.69) is 0 Å². The molecule has 2 atom stereocenters. The molecule has 0 spiro atoms. The van der Waals surface area contributed by atoms with Gasteiger partial charge in [-0.2, -0.15) is 0 Å². The largest absolute Gasteiger partial charge is 0.393 e. The van der Waals surface area contributed by atoms with Gasteiger partial charge in [-0.05, 0) is 13.3 Å². The number of nitrogens with two attached hydrogens (primary N) is 1. The van der Waals surface area contributed by atoms with Crippen LogP contribution in [0.15, 0.2) is 0 Å². The molecule has 1 aliphatic rings. The van der Waals surface area contributed by atoms with E-state index in [1.54, 1.807) is 11.8 Å². The highest BCUT2D eigenvalue weighted by Gasteiger charge is 2.32. The molecule has 0 aromatic heterocycles. The molecule has 2 unspecified atom stereocenters. The average molecular weight is 158 g/mol. The molecule has 1 heterocycles. The second kappa shape index (κ2) is 3.19. The highest BCUT2D eigenvalue weighted by Crippen LogP contribution is 2.08. The van der Waals surface area contributed by atoms with Crippen LogP contribution in [0.3, 0.4) is 0 Å². The highest BCUT2D eigenvalue weighted by molar-refractivity contribution is 5.87. The Morgan fingerprint density at radius 1 is 1.91 bits per heavy atom. The fraction of sp³-hybridized carbons (Fsp3) is 0.857. The Morgan fingerprint density at radius 3 is 2.91 bits per heavy atom. The van der Waals surface area contributed by atoms with Crippen LogP contribution in [-0.4, -0.2) is 41.1 Å². The van der Waals surface area contributed by atoms with Gasteiger partial charge in [-0.15, -0.1) is 0 Å². The van der Waals surface area contributed by atoms with Crippen molar-refractivity contribution in [1.82, 2.24) is 4.90 Å². The van der Waals surface area contributed by atoms with Gasteiger partial charge in [0.25, 0.3) is 0 Å². The van der Waals surface area contributed by atoms with E-state index in [-0.39, 0.29) is 18.1 Å². The summed E-state index contributed by atoms with van der Waals surface area (Å²) in [6.45, 7) is 2.99. The van der Waals surface area contributed by atoms with E-state index in [1.165, 1.54) is 0 Å². The average Bonchev–Trinajstić information content (AvgIpc) is 1.96. The lowest BCUT2D eigenvalue weighted by atomic mass is 10.1. The van der Waals surface area contributed by atoms with Crippen LogP contribution in [0.25, 0.3) is 0 Å². The maximum atomic E-state index is 10.9. The molecule has 1 saturated heterocycles. The van der Waals surface area contributed by atoms with Crippen molar-refractivity contribution in [3.63, 3.8) is 0 Å². The monoisotopic (exact) mass is 158 g/mol. The molecule has 1 amide bonds. The number of aliphatic hydroxyl groups excluding tert-OH is 1. The number of rotatable bonds is 3. The normalized spacial score (nSPS) is 26.6. The third-order valence-electron chi connectivity index (χ3n) is 1.86. The van der Waals surface area contributed by atoms with E-state index in [4.69, 9.17) is 10.8 Å². The number of carbonyl (C=O) groups is 1. The van der Waals surface area contributed by atoms with Crippen molar-refractivity contribution in [2.75, 3.05) is 13.1 Å². The topological polar surface area (TPSA) is 66.6 Å². The van der Waals surface area contributed by atoms with Crippen LogP contribution in [0, 0.1) is 0 Å². The van der Waals surface area contributed by atoms with E-state index in [1.807, 2.05) is 0 Å². The molecule has 0 radical (unpaired) electrons. The van der Waals surface area contributed by atoms with Crippen molar-refractivity contribution < 1.29 is 9.90 Å². The first kappa shape index (κ1) is 8.49. The number of likely N-dealkylation sites (tertiary alicyclic amines) is 1. The fourth-order valence-corrected chi connectivity index (χ4v) is 1.07. The van der Waals surface area contributed by atoms with Gasteiger partial charge in [0.05, 0.1) is 6.10 Å². The molecule has 1 aliphatic heterocycles. The van der Waals surface area contributed by atoms with Crippen LogP contribution in [0.4, 0.5) is 0 Å². The Kier molecular flexibility index (Phi) is 2.46. The van der Waals surface area contributed by atoms with Gasteiger partial charge in [0.15, 0.2) is 0 Å². The van der Waals surface area contributed by atoms with Crippen LogP contribution in [-0.2, 0) is 4.79 Å². The molecular weight excluding hydrogens is 144 g/mol. The van der Waals surface area contributed by atoms with Crippen LogP contribution in [0.2, 0.25) is 0 Å². The van der Waals surface area contributed by atoms with Crippen LogP contribution < -0.4 is 5.73 Å². The molecule has 0 aromatic carbocycles. The summed E-state index contributed by atoms with van der Waals surface area (Å²) in [5, 5.41) is 8.90. The molecule has 64 valence electrons. The van der Waals surface area contributed by atoms with E-state index < -0.39 is 0 Å². The summed E-state index contributed by atoms with van der Waals surface area (Å²) < 4.78 is 0. The Bertz CT molecular complexity index is 159. The molecule has 0 aliphatic carbocycles. The molecule has 0 aromatic rings. The summed E-state index contributed by atoms with van der Waals surface area (Å²) in [6.07, 6.45) is 0.304. The lowest BCUT2D eigenvalue weighted by Crippen LogP contribution is -2.61. The van der Waals surface area contributed by atoms with E-state index in [0.29, 0.717) is 19.5 Å². The molecule has 0 bridgehead atoms. The third kappa shape index (κ3) is 1.91. The summed E-state index contributed by atoms with van der Waals surface area (Å²) in [7, 11) is 0. The van der Waals surface area contributed by atoms with Gasteiger partial charge in [0.2, 0.25) is 5.91 Å². The SMILES string of the molecule is CC(O)CCN1CC(N)C1=O. The second-order valence-electron chi connectivity index (χ2n) is 3.03. The molecule has 3 N–H and O–H groups in total. The minimum absolute atomic E-state index is 0.00523. The molecular formula is C7H14N2O2. The summed E-state index contributed by atoms with van der Waals surface area (Å²) >= 11 is 0. The van der Waals surface area contributed by atoms with Crippen molar-refractivity contribution in [2.45, 2.75) is 25.5 Å². The van der Waals surface area contributed by atoms with E-state index in [0.717, 1.165) is 0 Å². The number of nitrogens with zero attached hydrogens (tertiary/aromatic N) is 1. The number of aliphatic hydroxyl groups is 1. The minimum Gasteiger partial charge on any atom is -0.393 e. The van der Waals surface area contributed by atoms with Crippen LogP contribution in [0.1, 0.15) is 13.3 Å². The molecule has 11 heavy (non-hydrogen) atoms. The Hall–Kier alpha value is -0.610. The second-order valence-corrected chi connectivity index (χ2v) is 3.03. The number of amides is 1. The predicted molar refractivity (Wildman–Crippen MR) is 40.9 cm³/mol. The van der Waals surface area contributed by atoms with Gasteiger partial charge in [0.1, 0.15) is 6.04 Å². The molecule has 4 nitrogen and oxygen atoms in total. The molecule has 4 heteroatoms. The van der Waals surface area contributed by atoms with Gasteiger partial charge in [-0.25, -0.2) is 0 Å². The van der Waals surface area contributed by atoms with Crippen LogP contribution in [0.5, 0.6) is 0 Å². The fourth-order valence-electron chi connectivity index (χ4n) is 1.07. The molecule has 0 saturated carbocycles. The Morgan fingerprint density at radius 2 is 2.55 bits per heavy atom. The zero-order valence-electron chi connectivity index (χ0n) is 6.66. The van der Waals surface area contributed by atoms with E-state index in [9.17, 15) is 4.79 Å². The van der Waals surface area contributed by atoms with Crippen molar-refractivity contribution in [3.8, 4) is 0 Å². The maximum absolute atomic E-state index is 10.9. The molecule has 1 rings (SSSR count). The van der Waals surface area contributed by atoms with Crippen molar-refractivity contribution >= 4 is 5.91 Å². The summed E-state index contributed by atoms with van der Waals surface area (Å²) in [5.74, 6) is 0.00523. The van der Waals surface area contributed by atoms with Crippen molar-refractivity contribution in [2.24, 2.45) is 5.73 Å². The van der Waals surface area contributed by atoms with E-state index >= 15 is 0 Å². The van der Waals surface area contributed by atoms with Gasteiger partial charge in [0, 0.05) is 13.1 Å². The summed E-state index contributed by atoms with van der Waals surface area (Å²) in [4.78, 5) is 12.6. The first-order chi connectivity index (χ1) is 5.11. The Balaban J connectivity index is 2.15. The first-order valence-corrected chi connectivity index (χ1v) is 3.83. The first-order valence-electron chi connectivity index (χ1n) is 3.83. The van der Waals surface area contributed by atoms with Gasteiger partial charge in [-0.1, -0.05) is 0 Å². The smallest absolute Gasteiger partial charge is 0.241 e. The highest BCUT2D eigenvalue weighted by atomic mass is 16.3. The number of hydrogen-bond donors (Lipinski definition) is 2. The van der Waals surface area contributed by atoms with Gasteiger partial charge < -0.3 is 15.7 Å². The lowest BCUT2D eigenvalue weighted by Gasteiger charge is -2.36. The standard InChI is InChI=1S/C7H14N2O2/c1-5(10)2-3-9-4-6(8)7(9)11/h5-6,10H,2-4,8H2,1H3. The van der Waals surface area contributed by atoms with Crippen LogP contribution >= 0.6 is 0 Å². The predicted octanol–water partition coefficient (Wildman–Crippen LogP) is -1.07. The maximum Gasteiger partial charge on any atom is 0.241 e. The lowest BCUT2D eigenvalue weighted by molar-refractivity contribution is -0.142. The zero-order chi connectivity index (χ0) is 8.43. The van der Waals surface area contributed by atoms with Crippen molar-refractivity contribution in [1.29, 1.82) is 0 Å². The summed E-state index contributed by atoms with van der Waals surface area (Å²) in [6, 6.07) is -0.288. The third-order valence-corrected chi connectivity index (χ3v) is 1.86. The molecule has 1 fully saturated rings. The van der Waals surface area contributed by atoms with Gasteiger partial charge >= 0.3 is 0 Å².